The zero-order chi connectivity index (χ0) is 14.3. The highest BCUT2D eigenvalue weighted by Gasteiger charge is 2.13. The third-order valence-corrected chi connectivity index (χ3v) is 5.28. The van der Waals surface area contributed by atoms with E-state index in [-0.39, 0.29) is 0 Å². The van der Waals surface area contributed by atoms with Crippen LogP contribution in [0.25, 0.3) is 0 Å². The van der Waals surface area contributed by atoms with E-state index in [1.54, 1.807) is 0 Å². The van der Waals surface area contributed by atoms with Gasteiger partial charge in [0.05, 0.1) is 0 Å². The van der Waals surface area contributed by atoms with Crippen LogP contribution in [0.1, 0.15) is 21.4 Å². The first-order chi connectivity index (χ1) is 10.4. The van der Waals surface area contributed by atoms with Crippen LogP contribution in [-0.4, -0.2) is 11.5 Å². The molecule has 0 saturated carbocycles. The van der Waals surface area contributed by atoms with E-state index in [0.717, 1.165) is 19.4 Å². The van der Waals surface area contributed by atoms with Crippen molar-refractivity contribution in [1.29, 1.82) is 0 Å². The molecule has 4 heteroatoms. The molecule has 0 radical (unpaired) electrons. The molecule has 3 aromatic rings. The van der Waals surface area contributed by atoms with Crippen LogP contribution in [0.15, 0.2) is 59.6 Å². The number of rotatable bonds is 7. The summed E-state index contributed by atoms with van der Waals surface area (Å²) in [4.78, 5) is 7.01. The maximum Gasteiger partial charge on any atom is 0.0463 e. The summed E-state index contributed by atoms with van der Waals surface area (Å²) in [5.41, 5.74) is 1.28. The number of nitrogens with one attached hydrogen (secondary N) is 1. The van der Waals surface area contributed by atoms with Crippen molar-refractivity contribution in [2.75, 3.05) is 6.54 Å². The zero-order valence-corrected chi connectivity index (χ0v) is 13.4. The summed E-state index contributed by atoms with van der Waals surface area (Å²) in [6.07, 6.45) is 5.84. The van der Waals surface area contributed by atoms with Gasteiger partial charge in [0.25, 0.3) is 0 Å². The lowest BCUT2D eigenvalue weighted by atomic mass is 10.1. The molecule has 3 aromatic heterocycles. The molecule has 0 saturated heterocycles. The minimum Gasteiger partial charge on any atom is -0.309 e. The molecule has 2 nitrogen and oxygen atoms in total. The molecule has 0 aliphatic rings. The summed E-state index contributed by atoms with van der Waals surface area (Å²) in [7, 11) is 0. The van der Waals surface area contributed by atoms with E-state index in [2.05, 4.69) is 51.4 Å². The summed E-state index contributed by atoms with van der Waals surface area (Å²) in [6.45, 7) is 0.972. The summed E-state index contributed by atoms with van der Waals surface area (Å²) in [6, 6.07) is 13.2. The Balaban J connectivity index is 1.60. The second-order valence-corrected chi connectivity index (χ2v) is 6.93. The van der Waals surface area contributed by atoms with Gasteiger partial charge in [0.2, 0.25) is 0 Å². The molecule has 0 spiro atoms. The number of hydrogen-bond acceptors (Lipinski definition) is 4. The van der Waals surface area contributed by atoms with E-state index in [9.17, 15) is 0 Å². The maximum atomic E-state index is 4.17. The molecule has 0 bridgehead atoms. The van der Waals surface area contributed by atoms with Crippen molar-refractivity contribution in [3.8, 4) is 0 Å². The number of nitrogens with zero attached hydrogens (tertiary/aromatic N) is 1. The number of thiophene rings is 2. The molecule has 1 N–H and O–H groups in total. The standard InChI is InChI=1S/C17H18N2S2/c1-4-14(13-18-8-1)7-9-19-16(17-6-3-11-21-17)12-15-5-2-10-20-15/h1-6,8,10-11,13,16,19H,7,9,12H2. The first-order valence-corrected chi connectivity index (χ1v) is 8.86. The van der Waals surface area contributed by atoms with Crippen LogP contribution in [0, 0.1) is 0 Å². The second kappa shape index (κ2) is 7.50. The van der Waals surface area contributed by atoms with Gasteiger partial charge in [-0.2, -0.15) is 0 Å². The molecule has 0 amide bonds. The molecule has 1 unspecified atom stereocenters. The van der Waals surface area contributed by atoms with Crippen molar-refractivity contribution >= 4 is 22.7 Å². The lowest BCUT2D eigenvalue weighted by Gasteiger charge is -2.17. The fraction of sp³-hybridized carbons (Fsp3) is 0.235. The Kier molecular flexibility index (Phi) is 5.16. The van der Waals surface area contributed by atoms with Gasteiger partial charge in [-0.3, -0.25) is 4.98 Å². The van der Waals surface area contributed by atoms with Gasteiger partial charge in [0.1, 0.15) is 0 Å². The van der Waals surface area contributed by atoms with Crippen LogP contribution in [-0.2, 0) is 12.8 Å². The Morgan fingerprint density at radius 2 is 1.95 bits per heavy atom. The van der Waals surface area contributed by atoms with Gasteiger partial charge < -0.3 is 5.32 Å². The highest BCUT2D eigenvalue weighted by Crippen LogP contribution is 2.24. The van der Waals surface area contributed by atoms with E-state index in [4.69, 9.17) is 0 Å². The highest BCUT2D eigenvalue weighted by atomic mass is 32.1. The smallest absolute Gasteiger partial charge is 0.0463 e. The largest absolute Gasteiger partial charge is 0.309 e. The van der Waals surface area contributed by atoms with Crippen molar-refractivity contribution in [2.45, 2.75) is 18.9 Å². The Morgan fingerprint density at radius 1 is 1.05 bits per heavy atom. The summed E-state index contributed by atoms with van der Waals surface area (Å²) >= 11 is 3.66. The summed E-state index contributed by atoms with van der Waals surface area (Å²) < 4.78 is 0. The average Bonchev–Trinajstić information content (AvgIpc) is 3.21. The minimum absolute atomic E-state index is 0.403. The second-order valence-electron chi connectivity index (χ2n) is 4.92. The van der Waals surface area contributed by atoms with Crippen molar-refractivity contribution in [2.24, 2.45) is 0 Å². The lowest BCUT2D eigenvalue weighted by Crippen LogP contribution is -2.24. The van der Waals surface area contributed by atoms with Gasteiger partial charge in [0, 0.05) is 34.6 Å². The maximum absolute atomic E-state index is 4.17. The Bertz CT molecular complexity index is 618. The fourth-order valence-electron chi connectivity index (χ4n) is 2.33. The van der Waals surface area contributed by atoms with Crippen molar-refractivity contribution in [3.63, 3.8) is 0 Å². The Hall–Kier alpha value is -1.49. The van der Waals surface area contributed by atoms with E-state index in [1.165, 1.54) is 15.3 Å². The van der Waals surface area contributed by atoms with Gasteiger partial charge >= 0.3 is 0 Å². The van der Waals surface area contributed by atoms with E-state index >= 15 is 0 Å². The van der Waals surface area contributed by atoms with Gasteiger partial charge in [-0.15, -0.1) is 22.7 Å². The molecule has 3 heterocycles. The number of hydrogen-bond donors (Lipinski definition) is 1. The molecule has 108 valence electrons. The van der Waals surface area contributed by atoms with Gasteiger partial charge in [-0.1, -0.05) is 18.2 Å². The molecule has 21 heavy (non-hydrogen) atoms. The molecule has 3 rings (SSSR count). The molecular formula is C17H18N2S2. The first kappa shape index (κ1) is 14.4. The molecular weight excluding hydrogens is 296 g/mol. The molecule has 0 fully saturated rings. The normalized spacial score (nSPS) is 12.4. The van der Waals surface area contributed by atoms with Crippen LogP contribution in [0.2, 0.25) is 0 Å². The van der Waals surface area contributed by atoms with Crippen molar-refractivity contribution in [1.82, 2.24) is 10.3 Å². The van der Waals surface area contributed by atoms with Crippen molar-refractivity contribution in [3.05, 3.63) is 74.9 Å². The molecule has 1 atom stereocenters. The fourth-order valence-corrected chi connectivity index (χ4v) is 3.88. The molecule has 0 aliphatic carbocycles. The molecule has 0 aromatic carbocycles. The van der Waals surface area contributed by atoms with Crippen LogP contribution >= 0.6 is 22.7 Å². The van der Waals surface area contributed by atoms with Crippen LogP contribution in [0.5, 0.6) is 0 Å². The predicted octanol–water partition coefficient (Wildman–Crippen LogP) is 4.32. The topological polar surface area (TPSA) is 24.9 Å². The quantitative estimate of drug-likeness (QED) is 0.702. The summed E-state index contributed by atoms with van der Waals surface area (Å²) in [5, 5.41) is 8.00. The number of aromatic nitrogens is 1. The summed E-state index contributed by atoms with van der Waals surface area (Å²) in [5.74, 6) is 0. The Labute approximate surface area is 133 Å². The minimum atomic E-state index is 0.403. The van der Waals surface area contributed by atoms with Crippen molar-refractivity contribution < 1.29 is 0 Å². The van der Waals surface area contributed by atoms with Crippen LogP contribution in [0.3, 0.4) is 0 Å². The van der Waals surface area contributed by atoms with E-state index < -0.39 is 0 Å². The third-order valence-electron chi connectivity index (χ3n) is 3.40. The monoisotopic (exact) mass is 314 g/mol. The number of pyridine rings is 1. The zero-order valence-electron chi connectivity index (χ0n) is 11.7. The first-order valence-electron chi connectivity index (χ1n) is 7.10. The van der Waals surface area contributed by atoms with Crippen LogP contribution < -0.4 is 5.32 Å². The Morgan fingerprint density at radius 3 is 2.67 bits per heavy atom. The van der Waals surface area contributed by atoms with Gasteiger partial charge in [-0.25, -0.2) is 0 Å². The SMILES string of the molecule is c1cncc(CCNC(Cc2cccs2)c2cccs2)c1. The van der Waals surface area contributed by atoms with Gasteiger partial charge in [-0.05, 0) is 47.5 Å². The predicted molar refractivity (Wildman–Crippen MR) is 91.0 cm³/mol. The van der Waals surface area contributed by atoms with Crippen LogP contribution in [0.4, 0.5) is 0 Å². The third kappa shape index (κ3) is 4.24. The van der Waals surface area contributed by atoms with Gasteiger partial charge in [0.15, 0.2) is 0 Å². The molecule has 0 aliphatic heterocycles. The lowest BCUT2D eigenvalue weighted by molar-refractivity contribution is 0.544. The average molecular weight is 314 g/mol. The van der Waals surface area contributed by atoms with E-state index in [1.807, 2.05) is 41.1 Å². The van der Waals surface area contributed by atoms with E-state index in [0.29, 0.717) is 6.04 Å². The highest BCUT2D eigenvalue weighted by molar-refractivity contribution is 7.10.